The summed E-state index contributed by atoms with van der Waals surface area (Å²) in [5.41, 5.74) is 7.18. The Kier molecular flexibility index (Phi) is 3.39. The molecule has 18 heavy (non-hydrogen) atoms. The molecule has 1 aromatic rings. The molecule has 2 N–H and O–H groups in total. The SMILES string of the molecule is COc1ccc(OC)c(N2CC(N)CC2(C)C)c1. The Morgan fingerprint density at radius 2 is 2.00 bits per heavy atom. The molecular weight excluding hydrogens is 228 g/mol. The van der Waals surface area contributed by atoms with Gasteiger partial charge in [0.1, 0.15) is 11.5 Å². The number of methoxy groups -OCH3 is 2. The minimum Gasteiger partial charge on any atom is -0.497 e. The lowest BCUT2D eigenvalue weighted by Crippen LogP contribution is -2.38. The molecule has 0 saturated carbocycles. The van der Waals surface area contributed by atoms with Crippen LogP contribution < -0.4 is 20.1 Å². The van der Waals surface area contributed by atoms with Crippen molar-refractivity contribution in [1.82, 2.24) is 0 Å². The molecule has 0 aliphatic carbocycles. The molecule has 0 radical (unpaired) electrons. The van der Waals surface area contributed by atoms with Gasteiger partial charge in [0.15, 0.2) is 0 Å². The van der Waals surface area contributed by atoms with Gasteiger partial charge in [0, 0.05) is 24.2 Å². The second-order valence-electron chi connectivity index (χ2n) is 5.43. The molecule has 2 rings (SSSR count). The lowest BCUT2D eigenvalue weighted by atomic mass is 10.00. The summed E-state index contributed by atoms with van der Waals surface area (Å²) in [7, 11) is 3.36. The van der Waals surface area contributed by atoms with E-state index in [9.17, 15) is 0 Å². The Balaban J connectivity index is 2.42. The summed E-state index contributed by atoms with van der Waals surface area (Å²) < 4.78 is 10.7. The molecule has 0 bridgehead atoms. The van der Waals surface area contributed by atoms with E-state index >= 15 is 0 Å². The molecule has 1 aliphatic heterocycles. The summed E-state index contributed by atoms with van der Waals surface area (Å²) in [6, 6.07) is 6.06. The Bertz CT molecular complexity index is 432. The second kappa shape index (κ2) is 4.69. The fraction of sp³-hybridized carbons (Fsp3) is 0.571. The lowest BCUT2D eigenvalue weighted by molar-refractivity contribution is 0.399. The molecule has 1 atom stereocenters. The summed E-state index contributed by atoms with van der Waals surface area (Å²) in [6.45, 7) is 5.26. The summed E-state index contributed by atoms with van der Waals surface area (Å²) in [4.78, 5) is 2.30. The standard InChI is InChI=1S/C14H22N2O2/c1-14(2)8-10(15)9-16(14)12-7-11(17-3)5-6-13(12)18-4/h5-7,10H,8-9,15H2,1-4H3. The summed E-state index contributed by atoms with van der Waals surface area (Å²) in [5.74, 6) is 1.69. The van der Waals surface area contributed by atoms with Gasteiger partial charge in [0.2, 0.25) is 0 Å². The molecule has 1 aliphatic rings. The maximum atomic E-state index is 6.09. The van der Waals surface area contributed by atoms with Crippen LogP contribution in [0.4, 0.5) is 5.69 Å². The van der Waals surface area contributed by atoms with Gasteiger partial charge in [-0.2, -0.15) is 0 Å². The minimum absolute atomic E-state index is 0.0407. The fourth-order valence-corrected chi connectivity index (χ4v) is 2.73. The zero-order valence-corrected chi connectivity index (χ0v) is 11.6. The van der Waals surface area contributed by atoms with E-state index in [1.807, 2.05) is 18.2 Å². The first kappa shape index (κ1) is 13.0. The minimum atomic E-state index is 0.0407. The molecule has 0 aromatic heterocycles. The Hall–Kier alpha value is -1.42. The van der Waals surface area contributed by atoms with Gasteiger partial charge in [0.05, 0.1) is 19.9 Å². The van der Waals surface area contributed by atoms with Gasteiger partial charge in [-0.05, 0) is 32.4 Å². The van der Waals surface area contributed by atoms with Crippen LogP contribution >= 0.6 is 0 Å². The van der Waals surface area contributed by atoms with Gasteiger partial charge in [-0.3, -0.25) is 0 Å². The van der Waals surface area contributed by atoms with Crippen LogP contribution in [0.2, 0.25) is 0 Å². The first-order valence-corrected chi connectivity index (χ1v) is 6.23. The average molecular weight is 250 g/mol. The van der Waals surface area contributed by atoms with Crippen molar-refractivity contribution in [3.05, 3.63) is 18.2 Å². The summed E-state index contributed by atoms with van der Waals surface area (Å²) in [5, 5.41) is 0. The smallest absolute Gasteiger partial charge is 0.142 e. The maximum Gasteiger partial charge on any atom is 0.142 e. The zero-order chi connectivity index (χ0) is 13.3. The highest BCUT2D eigenvalue weighted by Crippen LogP contribution is 2.40. The lowest BCUT2D eigenvalue weighted by Gasteiger charge is -2.34. The van der Waals surface area contributed by atoms with Crippen LogP contribution in [0.5, 0.6) is 11.5 Å². The molecule has 4 heteroatoms. The first-order valence-electron chi connectivity index (χ1n) is 6.23. The van der Waals surface area contributed by atoms with Gasteiger partial charge in [0.25, 0.3) is 0 Å². The van der Waals surface area contributed by atoms with E-state index in [0.717, 1.165) is 30.2 Å². The van der Waals surface area contributed by atoms with Crippen LogP contribution in [0.15, 0.2) is 18.2 Å². The summed E-state index contributed by atoms with van der Waals surface area (Å²) >= 11 is 0. The monoisotopic (exact) mass is 250 g/mol. The van der Waals surface area contributed by atoms with E-state index in [1.165, 1.54) is 0 Å². The van der Waals surface area contributed by atoms with Gasteiger partial charge >= 0.3 is 0 Å². The van der Waals surface area contributed by atoms with Crippen molar-refractivity contribution >= 4 is 5.69 Å². The molecule has 1 unspecified atom stereocenters. The van der Waals surface area contributed by atoms with Crippen LogP contribution in [0.3, 0.4) is 0 Å². The third-order valence-corrected chi connectivity index (χ3v) is 3.59. The number of ether oxygens (including phenoxy) is 2. The van der Waals surface area contributed by atoms with E-state index in [4.69, 9.17) is 15.2 Å². The topological polar surface area (TPSA) is 47.7 Å². The largest absolute Gasteiger partial charge is 0.497 e. The van der Waals surface area contributed by atoms with Crippen molar-refractivity contribution in [2.75, 3.05) is 25.7 Å². The normalized spacial score (nSPS) is 22.1. The third kappa shape index (κ3) is 2.25. The number of rotatable bonds is 3. The second-order valence-corrected chi connectivity index (χ2v) is 5.43. The highest BCUT2D eigenvalue weighted by atomic mass is 16.5. The quantitative estimate of drug-likeness (QED) is 0.891. The fourth-order valence-electron chi connectivity index (χ4n) is 2.73. The van der Waals surface area contributed by atoms with E-state index in [2.05, 4.69) is 18.7 Å². The molecule has 4 nitrogen and oxygen atoms in total. The summed E-state index contributed by atoms with van der Waals surface area (Å²) in [6.07, 6.45) is 0.980. The predicted molar refractivity (Wildman–Crippen MR) is 73.6 cm³/mol. The Morgan fingerprint density at radius 1 is 1.28 bits per heavy atom. The highest BCUT2D eigenvalue weighted by molar-refractivity contribution is 5.64. The maximum absolute atomic E-state index is 6.09. The molecule has 1 aromatic carbocycles. The third-order valence-electron chi connectivity index (χ3n) is 3.59. The van der Waals surface area contributed by atoms with Crippen molar-refractivity contribution in [1.29, 1.82) is 0 Å². The molecule has 0 spiro atoms. The van der Waals surface area contributed by atoms with E-state index in [1.54, 1.807) is 14.2 Å². The van der Waals surface area contributed by atoms with Gasteiger partial charge in [-0.25, -0.2) is 0 Å². The van der Waals surface area contributed by atoms with Crippen molar-refractivity contribution in [2.24, 2.45) is 5.73 Å². The Morgan fingerprint density at radius 3 is 2.50 bits per heavy atom. The first-order chi connectivity index (χ1) is 8.47. The van der Waals surface area contributed by atoms with Gasteiger partial charge < -0.3 is 20.1 Å². The van der Waals surface area contributed by atoms with Gasteiger partial charge in [-0.1, -0.05) is 0 Å². The van der Waals surface area contributed by atoms with Crippen molar-refractivity contribution in [3.8, 4) is 11.5 Å². The molecular formula is C14H22N2O2. The van der Waals surface area contributed by atoms with Crippen molar-refractivity contribution in [3.63, 3.8) is 0 Å². The molecule has 0 amide bonds. The highest BCUT2D eigenvalue weighted by Gasteiger charge is 2.38. The molecule has 1 heterocycles. The zero-order valence-electron chi connectivity index (χ0n) is 11.6. The van der Waals surface area contributed by atoms with Gasteiger partial charge in [-0.15, -0.1) is 0 Å². The van der Waals surface area contributed by atoms with Crippen LogP contribution in [-0.4, -0.2) is 32.3 Å². The number of hydrogen-bond donors (Lipinski definition) is 1. The van der Waals surface area contributed by atoms with Crippen LogP contribution in [-0.2, 0) is 0 Å². The average Bonchev–Trinajstić information content (AvgIpc) is 2.61. The van der Waals surface area contributed by atoms with Crippen molar-refractivity contribution < 1.29 is 9.47 Å². The van der Waals surface area contributed by atoms with E-state index < -0.39 is 0 Å². The number of benzene rings is 1. The molecule has 1 fully saturated rings. The number of anilines is 1. The number of hydrogen-bond acceptors (Lipinski definition) is 4. The number of nitrogens with zero attached hydrogens (tertiary/aromatic N) is 1. The van der Waals surface area contributed by atoms with Crippen LogP contribution in [0, 0.1) is 0 Å². The van der Waals surface area contributed by atoms with E-state index in [-0.39, 0.29) is 11.6 Å². The number of nitrogens with two attached hydrogens (primary N) is 1. The van der Waals surface area contributed by atoms with Crippen molar-refractivity contribution in [2.45, 2.75) is 31.8 Å². The molecule has 1 saturated heterocycles. The van der Waals surface area contributed by atoms with E-state index in [0.29, 0.717) is 0 Å². The molecule has 100 valence electrons. The van der Waals surface area contributed by atoms with Crippen LogP contribution in [0.1, 0.15) is 20.3 Å². The Labute approximate surface area is 109 Å². The predicted octanol–water partition coefficient (Wildman–Crippen LogP) is 2.02. The van der Waals surface area contributed by atoms with Crippen LogP contribution in [0.25, 0.3) is 0 Å².